The first-order valence-electron chi connectivity index (χ1n) is 10.8. The maximum Gasteiger partial charge on any atom is 0.410 e. The Balaban J connectivity index is 2.17. The normalized spacial score (nSPS) is 21.4. The highest BCUT2D eigenvalue weighted by atomic mass is 16.6. The van der Waals surface area contributed by atoms with Crippen molar-refractivity contribution < 1.29 is 19.1 Å². The minimum absolute atomic E-state index is 0.0998. The van der Waals surface area contributed by atoms with Crippen molar-refractivity contribution in [2.24, 2.45) is 10.8 Å². The molecule has 2 saturated heterocycles. The van der Waals surface area contributed by atoms with Crippen LogP contribution >= 0.6 is 0 Å². The lowest BCUT2D eigenvalue weighted by Crippen LogP contribution is -2.57. The molecule has 0 unspecified atom stereocenters. The van der Waals surface area contributed by atoms with Crippen LogP contribution in [0.2, 0.25) is 0 Å². The maximum atomic E-state index is 13.3. The molecule has 0 aromatic rings. The Hall–Kier alpha value is -1.85. The van der Waals surface area contributed by atoms with Crippen LogP contribution in [-0.4, -0.2) is 79.9 Å². The Morgan fingerprint density at radius 2 is 1.70 bits per heavy atom. The van der Waals surface area contributed by atoms with E-state index in [4.69, 9.17) is 9.47 Å². The summed E-state index contributed by atoms with van der Waals surface area (Å²) in [6, 6.07) is 2.31. The van der Waals surface area contributed by atoms with Crippen molar-refractivity contribution in [3.63, 3.8) is 0 Å². The molecule has 2 amide bonds. The lowest BCUT2D eigenvalue weighted by molar-refractivity contribution is -0.135. The summed E-state index contributed by atoms with van der Waals surface area (Å²) in [6.07, 6.45) is 0.0219. The summed E-state index contributed by atoms with van der Waals surface area (Å²) in [7, 11) is 2.00. The van der Waals surface area contributed by atoms with Crippen LogP contribution in [0, 0.1) is 22.2 Å². The van der Waals surface area contributed by atoms with Crippen LogP contribution in [0.3, 0.4) is 0 Å². The third kappa shape index (κ3) is 6.08. The van der Waals surface area contributed by atoms with Gasteiger partial charge < -0.3 is 24.6 Å². The Labute approximate surface area is 180 Å². The molecule has 2 heterocycles. The summed E-state index contributed by atoms with van der Waals surface area (Å²) in [5, 5.41) is 12.7. The van der Waals surface area contributed by atoms with E-state index in [2.05, 4.69) is 50.9 Å². The Kier molecular flexibility index (Phi) is 7.75. The van der Waals surface area contributed by atoms with Gasteiger partial charge in [0.05, 0.1) is 19.3 Å². The van der Waals surface area contributed by atoms with E-state index in [1.54, 1.807) is 4.90 Å². The largest absolute Gasteiger partial charge is 0.436 e. The zero-order chi connectivity index (χ0) is 22.6. The monoisotopic (exact) mass is 422 g/mol. The summed E-state index contributed by atoms with van der Waals surface area (Å²) in [5.74, 6) is -0.389. The average molecular weight is 423 g/mol. The van der Waals surface area contributed by atoms with Gasteiger partial charge >= 0.3 is 6.09 Å². The van der Waals surface area contributed by atoms with Crippen LogP contribution < -0.4 is 5.32 Å². The number of amides is 2. The predicted octanol–water partition coefficient (Wildman–Crippen LogP) is 2.39. The van der Waals surface area contributed by atoms with Crippen molar-refractivity contribution in [3.8, 4) is 6.07 Å². The standard InChI is InChI=1S/C22H38N4O4/c1-20(2,3)21(4,5)15-17(30-19(28)26-11-13-29-14-12-26)18(27)24-22(16-23)7-9-25(6)10-8-22/h17H,7-15H2,1-6H3,(H,24,27)/t17-/m0/s1. The number of likely N-dealkylation sites (tertiary alicyclic amines) is 1. The van der Waals surface area contributed by atoms with Gasteiger partial charge in [0.1, 0.15) is 5.54 Å². The molecule has 1 N–H and O–H groups in total. The van der Waals surface area contributed by atoms with Crippen molar-refractivity contribution in [1.29, 1.82) is 5.26 Å². The molecule has 2 aliphatic heterocycles. The zero-order valence-corrected chi connectivity index (χ0v) is 19.4. The van der Waals surface area contributed by atoms with E-state index in [0.717, 1.165) is 13.1 Å². The molecule has 1 atom stereocenters. The van der Waals surface area contributed by atoms with E-state index < -0.39 is 17.7 Å². The van der Waals surface area contributed by atoms with Crippen molar-refractivity contribution in [2.75, 3.05) is 46.4 Å². The molecule has 0 bridgehead atoms. The third-order valence-electron chi connectivity index (χ3n) is 6.95. The number of ether oxygens (including phenoxy) is 2. The fourth-order valence-electron chi connectivity index (χ4n) is 3.48. The summed E-state index contributed by atoms with van der Waals surface area (Å²) in [6.45, 7) is 13.8. The first-order chi connectivity index (χ1) is 13.9. The number of hydrogen-bond donors (Lipinski definition) is 1. The number of nitriles is 1. The van der Waals surface area contributed by atoms with Crippen molar-refractivity contribution in [2.45, 2.75) is 65.5 Å². The number of carbonyl (C=O) groups is 2. The number of piperidine rings is 1. The predicted molar refractivity (Wildman–Crippen MR) is 114 cm³/mol. The first-order valence-corrected chi connectivity index (χ1v) is 10.8. The summed E-state index contributed by atoms with van der Waals surface area (Å²) in [4.78, 5) is 29.7. The lowest BCUT2D eigenvalue weighted by atomic mass is 9.66. The second kappa shape index (κ2) is 9.52. The van der Waals surface area contributed by atoms with Gasteiger partial charge in [0.2, 0.25) is 0 Å². The average Bonchev–Trinajstić information content (AvgIpc) is 2.69. The van der Waals surface area contributed by atoms with Gasteiger partial charge in [0.25, 0.3) is 5.91 Å². The molecule has 0 radical (unpaired) electrons. The van der Waals surface area contributed by atoms with E-state index in [1.807, 2.05) is 7.05 Å². The molecule has 0 aromatic heterocycles. The van der Waals surface area contributed by atoms with Gasteiger partial charge in [-0.15, -0.1) is 0 Å². The molecule has 170 valence electrons. The minimum Gasteiger partial charge on any atom is -0.436 e. The topological polar surface area (TPSA) is 94.9 Å². The quantitative estimate of drug-likeness (QED) is 0.731. The highest BCUT2D eigenvalue weighted by molar-refractivity contribution is 5.84. The first kappa shape index (κ1) is 24.4. The molecule has 8 heteroatoms. The molecule has 30 heavy (non-hydrogen) atoms. The lowest BCUT2D eigenvalue weighted by Gasteiger charge is -2.42. The molecule has 0 aromatic carbocycles. The van der Waals surface area contributed by atoms with Gasteiger partial charge in [0, 0.05) is 26.2 Å². The number of nitrogens with one attached hydrogen (secondary N) is 1. The highest BCUT2D eigenvalue weighted by Gasteiger charge is 2.42. The Bertz CT molecular complexity index is 651. The number of carbonyl (C=O) groups excluding carboxylic acids is 2. The fourth-order valence-corrected chi connectivity index (χ4v) is 3.48. The van der Waals surface area contributed by atoms with Crippen molar-refractivity contribution in [1.82, 2.24) is 15.1 Å². The molecule has 2 aliphatic rings. The summed E-state index contributed by atoms with van der Waals surface area (Å²) < 4.78 is 11.0. The Morgan fingerprint density at radius 3 is 2.20 bits per heavy atom. The molecule has 8 nitrogen and oxygen atoms in total. The smallest absolute Gasteiger partial charge is 0.410 e. The van der Waals surface area contributed by atoms with Crippen LogP contribution in [0.15, 0.2) is 0 Å². The fraction of sp³-hybridized carbons (Fsp3) is 0.864. The van der Waals surface area contributed by atoms with Gasteiger partial charge in [-0.3, -0.25) is 4.79 Å². The number of morpholine rings is 1. The molecular weight excluding hydrogens is 384 g/mol. The van der Waals surface area contributed by atoms with E-state index in [0.29, 0.717) is 45.6 Å². The van der Waals surface area contributed by atoms with E-state index in [1.165, 1.54) is 0 Å². The second-order valence-electron chi connectivity index (χ2n) is 10.3. The van der Waals surface area contributed by atoms with Crippen molar-refractivity contribution >= 4 is 12.0 Å². The zero-order valence-electron chi connectivity index (χ0n) is 19.4. The number of hydrogen-bond acceptors (Lipinski definition) is 6. The SMILES string of the molecule is CN1CCC(C#N)(NC(=O)[C@H](CC(C)(C)C(C)(C)C)OC(=O)N2CCOCC2)CC1. The molecule has 2 rings (SSSR count). The minimum atomic E-state index is -0.959. The van der Waals surface area contributed by atoms with Gasteiger partial charge in [-0.05, 0) is 37.1 Å². The van der Waals surface area contributed by atoms with Crippen LogP contribution in [0.5, 0.6) is 0 Å². The van der Waals surface area contributed by atoms with E-state index in [-0.39, 0.29) is 16.7 Å². The number of rotatable bonds is 5. The van der Waals surface area contributed by atoms with Gasteiger partial charge in [0.15, 0.2) is 6.10 Å². The third-order valence-corrected chi connectivity index (χ3v) is 6.95. The maximum absolute atomic E-state index is 13.3. The summed E-state index contributed by atoms with van der Waals surface area (Å²) >= 11 is 0. The highest BCUT2D eigenvalue weighted by Crippen LogP contribution is 2.42. The van der Waals surface area contributed by atoms with Gasteiger partial charge in [-0.25, -0.2) is 4.79 Å². The summed E-state index contributed by atoms with van der Waals surface area (Å²) in [5.41, 5.74) is -1.29. The van der Waals surface area contributed by atoms with E-state index in [9.17, 15) is 14.9 Å². The van der Waals surface area contributed by atoms with Crippen LogP contribution in [0.25, 0.3) is 0 Å². The second-order valence-corrected chi connectivity index (χ2v) is 10.3. The molecule has 0 aliphatic carbocycles. The molecule has 0 spiro atoms. The van der Waals surface area contributed by atoms with Gasteiger partial charge in [-0.1, -0.05) is 34.6 Å². The molecular formula is C22H38N4O4. The number of nitrogens with zero attached hydrogens (tertiary/aromatic N) is 3. The Morgan fingerprint density at radius 1 is 1.13 bits per heavy atom. The van der Waals surface area contributed by atoms with Crippen LogP contribution in [0.1, 0.15) is 53.9 Å². The van der Waals surface area contributed by atoms with Gasteiger partial charge in [-0.2, -0.15) is 5.26 Å². The van der Waals surface area contributed by atoms with Crippen LogP contribution in [-0.2, 0) is 14.3 Å². The van der Waals surface area contributed by atoms with E-state index >= 15 is 0 Å². The van der Waals surface area contributed by atoms with Crippen LogP contribution in [0.4, 0.5) is 4.79 Å². The molecule has 0 saturated carbocycles. The van der Waals surface area contributed by atoms with Crippen molar-refractivity contribution in [3.05, 3.63) is 0 Å². The molecule has 2 fully saturated rings.